The maximum Gasteiger partial charge on any atom is 1.00 e. The minimum atomic E-state index is -1.22. The molecule has 0 aliphatic heterocycles. The van der Waals surface area contributed by atoms with Crippen molar-refractivity contribution in [1.29, 1.82) is 0 Å². The molecule has 0 saturated carbocycles. The van der Waals surface area contributed by atoms with Gasteiger partial charge in [-0.25, -0.2) is 0 Å². The summed E-state index contributed by atoms with van der Waals surface area (Å²) >= 11 is 0. The second-order valence-electron chi connectivity index (χ2n) is 3.15. The summed E-state index contributed by atoms with van der Waals surface area (Å²) in [6, 6.07) is 10.7. The van der Waals surface area contributed by atoms with Gasteiger partial charge in [0.1, 0.15) is 5.75 Å². The summed E-state index contributed by atoms with van der Waals surface area (Å²) in [6.07, 6.45) is 0. The number of methoxy groups -OCH3 is 1. The number of hydrogen-bond acceptors (Lipinski definition) is 3. The molecule has 3 nitrogen and oxygen atoms in total. The summed E-state index contributed by atoms with van der Waals surface area (Å²) in [5.41, 5.74) is 0.107. The van der Waals surface area contributed by atoms with Crippen LogP contribution in [0, 0.1) is 0 Å². The van der Waals surface area contributed by atoms with Crippen molar-refractivity contribution >= 4 is 16.7 Å². The van der Waals surface area contributed by atoms with Crippen molar-refractivity contribution in [2.24, 2.45) is 0 Å². The molecule has 0 N–H and O–H groups in total. The third-order valence-corrected chi connectivity index (χ3v) is 2.31. The molecule has 0 fully saturated rings. The molecule has 76 valence electrons. The van der Waals surface area contributed by atoms with Gasteiger partial charge in [-0.15, -0.1) is 0 Å². The summed E-state index contributed by atoms with van der Waals surface area (Å²) in [6.45, 7) is 0. The second kappa shape index (κ2) is 5.34. The summed E-state index contributed by atoms with van der Waals surface area (Å²) in [7, 11) is 1.44. The number of carboxylic acids is 1. The van der Waals surface area contributed by atoms with Gasteiger partial charge in [-0.05, 0) is 16.8 Å². The van der Waals surface area contributed by atoms with E-state index < -0.39 is 5.97 Å². The molecule has 0 aromatic heterocycles. The van der Waals surface area contributed by atoms with E-state index in [0.717, 1.165) is 5.39 Å². The molecule has 0 radical (unpaired) electrons. The van der Waals surface area contributed by atoms with Gasteiger partial charge in [-0.1, -0.05) is 30.3 Å². The Hall–Kier alpha value is -1.03. The van der Waals surface area contributed by atoms with Crippen molar-refractivity contribution in [3.05, 3.63) is 42.0 Å². The first kappa shape index (κ1) is 13.0. The van der Waals surface area contributed by atoms with E-state index in [9.17, 15) is 9.90 Å². The third kappa shape index (κ3) is 2.21. The van der Waals surface area contributed by atoms with E-state index in [1.165, 1.54) is 7.11 Å². The van der Waals surface area contributed by atoms with Gasteiger partial charge >= 0.3 is 29.6 Å². The first-order valence-corrected chi connectivity index (χ1v) is 4.51. The first-order chi connectivity index (χ1) is 7.24. The molecule has 0 amide bonds. The fourth-order valence-corrected chi connectivity index (χ4v) is 1.63. The summed E-state index contributed by atoms with van der Waals surface area (Å²) in [5, 5.41) is 12.5. The van der Waals surface area contributed by atoms with Crippen LogP contribution in [0.2, 0.25) is 0 Å². The van der Waals surface area contributed by atoms with Crippen LogP contribution in [0.1, 0.15) is 10.4 Å². The summed E-state index contributed by atoms with van der Waals surface area (Å²) < 4.78 is 4.99. The quantitative estimate of drug-likeness (QED) is 0.566. The number of benzene rings is 2. The van der Waals surface area contributed by atoms with E-state index in [1.807, 2.05) is 18.2 Å². The Kier molecular flexibility index (Phi) is 4.35. The van der Waals surface area contributed by atoms with Crippen molar-refractivity contribution < 1.29 is 44.2 Å². The Morgan fingerprint density at radius 1 is 1.19 bits per heavy atom. The van der Waals surface area contributed by atoms with Crippen LogP contribution in [0.4, 0.5) is 0 Å². The zero-order valence-electron chi connectivity index (χ0n) is 9.19. The van der Waals surface area contributed by atoms with Crippen molar-refractivity contribution in [2.75, 3.05) is 7.11 Å². The number of aromatic carboxylic acids is 1. The van der Waals surface area contributed by atoms with E-state index in [2.05, 4.69) is 0 Å². The van der Waals surface area contributed by atoms with E-state index >= 15 is 0 Å². The fourth-order valence-electron chi connectivity index (χ4n) is 1.63. The smallest absolute Gasteiger partial charge is 0.545 e. The Morgan fingerprint density at radius 2 is 1.88 bits per heavy atom. The zero-order chi connectivity index (χ0) is 10.8. The Bertz CT molecular complexity index is 523. The van der Waals surface area contributed by atoms with Crippen LogP contribution in [-0.4, -0.2) is 13.1 Å². The van der Waals surface area contributed by atoms with Gasteiger partial charge in [0.05, 0.1) is 13.1 Å². The number of carbonyl (C=O) groups excluding carboxylic acids is 1. The van der Waals surface area contributed by atoms with Crippen LogP contribution >= 0.6 is 0 Å². The first-order valence-electron chi connectivity index (χ1n) is 4.51. The van der Waals surface area contributed by atoms with Crippen molar-refractivity contribution in [3.63, 3.8) is 0 Å². The molecule has 0 heterocycles. The molecule has 2 rings (SSSR count). The van der Waals surface area contributed by atoms with Gasteiger partial charge < -0.3 is 14.6 Å². The summed E-state index contributed by atoms with van der Waals surface area (Å²) in [4.78, 5) is 11.0. The molecule has 0 bridgehead atoms. The van der Waals surface area contributed by atoms with Crippen LogP contribution in [0.5, 0.6) is 5.75 Å². The number of carbonyl (C=O) groups is 1. The van der Waals surface area contributed by atoms with Crippen LogP contribution in [0.15, 0.2) is 36.4 Å². The molecule has 0 aliphatic rings. The largest absolute Gasteiger partial charge is 1.00 e. The van der Waals surface area contributed by atoms with Crippen LogP contribution in [-0.2, 0) is 0 Å². The average molecular weight is 224 g/mol. The normalized spacial score (nSPS) is 9.56. The molecule has 16 heavy (non-hydrogen) atoms. The molecule has 0 spiro atoms. The van der Waals surface area contributed by atoms with E-state index in [-0.39, 0.29) is 35.1 Å². The Balaban J connectivity index is 0.00000128. The monoisotopic (exact) mass is 224 g/mol. The second-order valence-corrected chi connectivity index (χ2v) is 3.15. The molecule has 2 aromatic carbocycles. The predicted molar refractivity (Wildman–Crippen MR) is 54.8 cm³/mol. The Labute approximate surface area is 115 Å². The van der Waals surface area contributed by atoms with Crippen LogP contribution < -0.4 is 39.4 Å². The van der Waals surface area contributed by atoms with Gasteiger partial charge in [-0.3, -0.25) is 0 Å². The topological polar surface area (TPSA) is 49.4 Å². The number of carboxylic acid groups (broad SMARTS) is 1. The molecule has 4 heteroatoms. The fraction of sp³-hybridized carbons (Fsp3) is 0.0833. The van der Waals surface area contributed by atoms with Gasteiger partial charge in [0.2, 0.25) is 0 Å². The molecule has 0 saturated heterocycles. The third-order valence-electron chi connectivity index (χ3n) is 2.31. The molecule has 0 atom stereocenters. The van der Waals surface area contributed by atoms with Gasteiger partial charge in [0.25, 0.3) is 0 Å². The van der Waals surface area contributed by atoms with Crippen LogP contribution in [0.3, 0.4) is 0 Å². The van der Waals surface area contributed by atoms with Gasteiger partial charge in [0, 0.05) is 5.56 Å². The molecule has 0 aliphatic carbocycles. The summed E-state index contributed by atoms with van der Waals surface area (Å²) in [5.74, 6) is -0.891. The molecular weight excluding hydrogens is 215 g/mol. The SMILES string of the molecule is COc1ccc2ccccc2c1C(=O)[O-].[Na+]. The predicted octanol–water partition coefficient (Wildman–Crippen LogP) is -1.78. The number of rotatable bonds is 2. The standard InChI is InChI=1S/C12H10O3.Na/c1-15-10-7-6-8-4-2-3-5-9(8)11(10)12(13)14;/h2-7H,1H3,(H,13,14);/q;+1/p-1. The average Bonchev–Trinajstić information content (AvgIpc) is 2.27. The molecular formula is C12H9NaO3. The van der Waals surface area contributed by atoms with Crippen molar-refractivity contribution in [3.8, 4) is 5.75 Å². The van der Waals surface area contributed by atoms with Crippen LogP contribution in [0.25, 0.3) is 10.8 Å². The van der Waals surface area contributed by atoms with E-state index in [1.54, 1.807) is 18.2 Å². The molecule has 0 unspecified atom stereocenters. The minimum Gasteiger partial charge on any atom is -0.545 e. The minimum absolute atomic E-state index is 0. The number of ether oxygens (including phenoxy) is 1. The zero-order valence-corrected chi connectivity index (χ0v) is 11.2. The Morgan fingerprint density at radius 3 is 2.50 bits per heavy atom. The number of hydrogen-bond donors (Lipinski definition) is 0. The van der Waals surface area contributed by atoms with Gasteiger partial charge in [0.15, 0.2) is 0 Å². The number of fused-ring (bicyclic) bond motifs is 1. The van der Waals surface area contributed by atoms with Crippen molar-refractivity contribution in [1.82, 2.24) is 0 Å². The van der Waals surface area contributed by atoms with E-state index in [0.29, 0.717) is 11.1 Å². The molecule has 2 aromatic rings. The van der Waals surface area contributed by atoms with Gasteiger partial charge in [-0.2, -0.15) is 0 Å². The maximum atomic E-state index is 11.0. The maximum absolute atomic E-state index is 11.0. The van der Waals surface area contributed by atoms with E-state index in [4.69, 9.17) is 4.74 Å². The van der Waals surface area contributed by atoms with Crippen molar-refractivity contribution in [2.45, 2.75) is 0 Å².